The largest absolute Gasteiger partial charge is 0.505 e. The van der Waals surface area contributed by atoms with Gasteiger partial charge < -0.3 is 20.8 Å². The predicted octanol–water partition coefficient (Wildman–Crippen LogP) is 5.36. The van der Waals surface area contributed by atoms with Gasteiger partial charge in [-0.05, 0) is 55.9 Å². The van der Waals surface area contributed by atoms with Gasteiger partial charge in [-0.15, -0.1) is 11.8 Å². The van der Waals surface area contributed by atoms with Gasteiger partial charge in [0.15, 0.2) is 22.1 Å². The topological polar surface area (TPSA) is 112 Å². The van der Waals surface area contributed by atoms with E-state index in [-0.39, 0.29) is 34.5 Å². The third-order valence-corrected chi connectivity index (χ3v) is 7.89. The number of phenols is 1. The quantitative estimate of drug-likeness (QED) is 0.154. The van der Waals surface area contributed by atoms with Crippen LogP contribution in [0.1, 0.15) is 46.4 Å². The molecule has 2 heterocycles. The van der Waals surface area contributed by atoms with Crippen molar-refractivity contribution in [3.63, 3.8) is 0 Å². The number of rotatable bonds is 9. The molecule has 0 saturated heterocycles. The van der Waals surface area contributed by atoms with E-state index in [9.17, 15) is 32.6 Å². The van der Waals surface area contributed by atoms with Crippen molar-refractivity contribution in [2.75, 3.05) is 18.1 Å². The standard InChI is InChI=1S/C28H27F4N5O3S/c1-15-12-16(6-9-18(15)26(39)35-17-7-8-17)22-14-34-25-21(33-11-10-27(30,31)32)13-23(36-37(22)25)28(40,41-2)19-4-3-5-20(29)24(19)38/h3-6,9,12-14,17,33,38,40H,7-8,10-11H2,1-2H3,(H,35,39). The minimum absolute atomic E-state index is 0.0793. The maximum absolute atomic E-state index is 14.3. The number of aryl methyl sites for hydroxylation is 1. The second-order valence-corrected chi connectivity index (χ2v) is 10.9. The molecule has 1 unspecified atom stereocenters. The number of para-hydroxylation sites is 1. The molecule has 2 aromatic heterocycles. The van der Waals surface area contributed by atoms with Crippen molar-refractivity contribution in [1.29, 1.82) is 0 Å². The maximum Gasteiger partial charge on any atom is 0.390 e. The summed E-state index contributed by atoms with van der Waals surface area (Å²) in [4.78, 5) is 14.9. The van der Waals surface area contributed by atoms with Crippen molar-refractivity contribution in [3.05, 3.63) is 76.9 Å². The van der Waals surface area contributed by atoms with Gasteiger partial charge in [0.2, 0.25) is 0 Å². The van der Waals surface area contributed by atoms with Crippen molar-refractivity contribution >= 4 is 29.0 Å². The molecule has 1 fully saturated rings. The van der Waals surface area contributed by atoms with E-state index >= 15 is 0 Å². The molecule has 2 aromatic carbocycles. The number of anilines is 1. The third kappa shape index (κ3) is 5.82. The number of thioether (sulfide) groups is 1. The van der Waals surface area contributed by atoms with E-state index in [1.807, 2.05) is 0 Å². The molecule has 5 rings (SSSR count). The number of amides is 1. The summed E-state index contributed by atoms with van der Waals surface area (Å²) in [6.07, 6.45) is -0.612. The van der Waals surface area contributed by atoms with E-state index in [1.54, 1.807) is 25.1 Å². The number of fused-ring (bicyclic) bond motifs is 1. The lowest BCUT2D eigenvalue weighted by atomic mass is 10.0. The lowest BCUT2D eigenvalue weighted by Gasteiger charge is -2.27. The van der Waals surface area contributed by atoms with E-state index in [4.69, 9.17) is 0 Å². The van der Waals surface area contributed by atoms with Gasteiger partial charge >= 0.3 is 6.18 Å². The molecule has 1 aliphatic rings. The molecule has 0 bridgehead atoms. The smallest absolute Gasteiger partial charge is 0.390 e. The van der Waals surface area contributed by atoms with E-state index in [1.165, 1.54) is 35.2 Å². The molecule has 4 aromatic rings. The van der Waals surface area contributed by atoms with E-state index in [0.29, 0.717) is 22.4 Å². The third-order valence-electron chi connectivity index (χ3n) is 6.87. The number of aromatic hydroxyl groups is 1. The van der Waals surface area contributed by atoms with Crippen LogP contribution >= 0.6 is 11.8 Å². The van der Waals surface area contributed by atoms with Crippen LogP contribution in [0.5, 0.6) is 5.75 Å². The van der Waals surface area contributed by atoms with Crippen molar-refractivity contribution in [3.8, 4) is 17.0 Å². The van der Waals surface area contributed by atoms with Gasteiger partial charge in [0.1, 0.15) is 5.69 Å². The van der Waals surface area contributed by atoms with E-state index in [2.05, 4.69) is 20.7 Å². The molecule has 1 saturated carbocycles. The zero-order valence-electron chi connectivity index (χ0n) is 22.1. The molecule has 0 radical (unpaired) electrons. The van der Waals surface area contributed by atoms with Crippen LogP contribution in [0.15, 0.2) is 48.7 Å². The maximum atomic E-state index is 14.3. The van der Waals surface area contributed by atoms with Gasteiger partial charge in [-0.3, -0.25) is 4.79 Å². The normalized spacial score (nSPS) is 15.1. The molecule has 13 heteroatoms. The molecule has 8 nitrogen and oxygen atoms in total. The van der Waals surface area contributed by atoms with Crippen LogP contribution in [0.2, 0.25) is 0 Å². The zero-order valence-corrected chi connectivity index (χ0v) is 22.9. The number of hydrogen-bond acceptors (Lipinski definition) is 7. The summed E-state index contributed by atoms with van der Waals surface area (Å²) in [7, 11) is 0. The number of phenolic OH excluding ortho intramolecular Hbond substituents is 1. The summed E-state index contributed by atoms with van der Waals surface area (Å²) in [6.45, 7) is 1.31. The number of hydrogen-bond donors (Lipinski definition) is 4. The Hall–Kier alpha value is -3.84. The van der Waals surface area contributed by atoms with Gasteiger partial charge in [0, 0.05) is 29.3 Å². The highest BCUT2D eigenvalue weighted by Gasteiger charge is 2.37. The van der Waals surface area contributed by atoms with Crippen LogP contribution in [-0.2, 0) is 4.93 Å². The van der Waals surface area contributed by atoms with Crippen LogP contribution in [-0.4, -0.2) is 55.7 Å². The fourth-order valence-corrected chi connectivity index (χ4v) is 5.20. The van der Waals surface area contributed by atoms with Gasteiger partial charge in [-0.2, -0.15) is 18.3 Å². The number of carbonyl (C=O) groups excluding carboxylic acids is 1. The SMILES string of the molecule is CSC(O)(c1cc(NCCC(F)(F)F)c2ncc(-c3ccc(C(=O)NC4CC4)c(C)c3)n2n1)c1cccc(F)c1O. The van der Waals surface area contributed by atoms with Crippen LogP contribution in [0.25, 0.3) is 16.9 Å². The minimum atomic E-state index is -4.40. The number of imidazole rings is 1. The van der Waals surface area contributed by atoms with E-state index < -0.39 is 35.6 Å². The second-order valence-electron chi connectivity index (χ2n) is 9.88. The number of carbonyl (C=O) groups is 1. The van der Waals surface area contributed by atoms with Crippen molar-refractivity contribution in [2.45, 2.75) is 43.3 Å². The fourth-order valence-electron chi connectivity index (χ4n) is 4.51. The first-order valence-electron chi connectivity index (χ1n) is 12.8. The van der Waals surface area contributed by atoms with Crippen molar-refractivity contribution in [2.24, 2.45) is 0 Å². The molecule has 0 spiro atoms. The summed E-state index contributed by atoms with van der Waals surface area (Å²) >= 11 is 0.849. The number of aromatic nitrogens is 3. The van der Waals surface area contributed by atoms with Gasteiger partial charge in [0.25, 0.3) is 5.91 Å². The number of nitrogens with zero attached hydrogens (tertiary/aromatic N) is 3. The van der Waals surface area contributed by atoms with Gasteiger partial charge in [-0.25, -0.2) is 13.9 Å². The van der Waals surface area contributed by atoms with Crippen molar-refractivity contribution < 1.29 is 32.6 Å². The average Bonchev–Trinajstić information content (AvgIpc) is 3.63. The summed E-state index contributed by atoms with van der Waals surface area (Å²) in [5, 5.41) is 32.4. The molecule has 1 atom stereocenters. The number of aliphatic hydroxyl groups is 1. The Bertz CT molecular complexity index is 1620. The minimum Gasteiger partial charge on any atom is -0.505 e. The molecule has 0 aliphatic heterocycles. The summed E-state index contributed by atoms with van der Waals surface area (Å²) in [6, 6.07) is 10.4. The molecule has 1 amide bonds. The van der Waals surface area contributed by atoms with Crippen molar-refractivity contribution in [1.82, 2.24) is 19.9 Å². The second kappa shape index (κ2) is 10.9. The van der Waals surface area contributed by atoms with Crippen LogP contribution in [0.4, 0.5) is 23.2 Å². The number of nitrogens with one attached hydrogen (secondary N) is 2. The molecule has 41 heavy (non-hydrogen) atoms. The average molecular weight is 590 g/mol. The molecular formula is C28H27F4N5O3S. The summed E-state index contributed by atoms with van der Waals surface area (Å²) in [5.41, 5.74) is 2.33. The Balaban J connectivity index is 1.63. The number of alkyl halides is 3. The highest BCUT2D eigenvalue weighted by molar-refractivity contribution is 7.99. The highest BCUT2D eigenvalue weighted by atomic mass is 32.2. The lowest BCUT2D eigenvalue weighted by Crippen LogP contribution is -2.26. The molecule has 216 valence electrons. The first-order chi connectivity index (χ1) is 19.4. The molecule has 1 aliphatic carbocycles. The predicted molar refractivity (Wildman–Crippen MR) is 147 cm³/mol. The van der Waals surface area contributed by atoms with Gasteiger partial charge in [0.05, 0.1) is 24.0 Å². The first-order valence-corrected chi connectivity index (χ1v) is 14.0. The summed E-state index contributed by atoms with van der Waals surface area (Å²) in [5.74, 6) is -1.91. The summed E-state index contributed by atoms with van der Waals surface area (Å²) < 4.78 is 54.4. The Morgan fingerprint density at radius 1 is 1.20 bits per heavy atom. The Morgan fingerprint density at radius 2 is 1.95 bits per heavy atom. The lowest BCUT2D eigenvalue weighted by molar-refractivity contribution is -0.131. The van der Waals surface area contributed by atoms with Crippen LogP contribution < -0.4 is 10.6 Å². The number of halogens is 4. The first kappa shape index (κ1) is 28.7. The van der Waals surface area contributed by atoms with E-state index in [0.717, 1.165) is 30.7 Å². The zero-order chi connectivity index (χ0) is 29.5. The molecule has 4 N–H and O–H groups in total. The Morgan fingerprint density at radius 3 is 2.61 bits per heavy atom. The number of benzene rings is 2. The van der Waals surface area contributed by atoms with Crippen LogP contribution in [0, 0.1) is 12.7 Å². The monoisotopic (exact) mass is 589 g/mol. The highest BCUT2D eigenvalue weighted by Crippen LogP contribution is 2.44. The van der Waals surface area contributed by atoms with Crippen LogP contribution in [0.3, 0.4) is 0 Å². The fraction of sp³-hybridized carbons (Fsp3) is 0.321. The van der Waals surface area contributed by atoms with Gasteiger partial charge in [-0.1, -0.05) is 18.2 Å². The molecular weight excluding hydrogens is 562 g/mol. The Kier molecular flexibility index (Phi) is 7.60. The Labute approximate surface area is 236 Å².